The molecule has 6 heteroatoms. The van der Waals surface area contributed by atoms with Crippen LogP contribution in [0.2, 0.25) is 0 Å². The van der Waals surface area contributed by atoms with Crippen LogP contribution in [0.5, 0.6) is 0 Å². The quantitative estimate of drug-likeness (QED) is 0.752. The van der Waals surface area contributed by atoms with Crippen molar-refractivity contribution in [2.45, 2.75) is 59.0 Å². The third kappa shape index (κ3) is 5.58. The zero-order valence-corrected chi connectivity index (χ0v) is 15.7. The molecule has 0 aliphatic heterocycles. The maximum absolute atomic E-state index is 12.3. The Morgan fingerprint density at radius 3 is 2.12 bits per heavy atom. The average molecular weight is 360 g/mol. The van der Waals surface area contributed by atoms with Gasteiger partial charge in [0.05, 0.1) is 5.92 Å². The van der Waals surface area contributed by atoms with Crippen LogP contribution in [0.3, 0.4) is 0 Å². The van der Waals surface area contributed by atoms with Crippen LogP contribution in [0, 0.1) is 11.3 Å². The lowest BCUT2D eigenvalue weighted by molar-refractivity contribution is -0.142. The van der Waals surface area contributed by atoms with Crippen LogP contribution >= 0.6 is 0 Å². The number of carboxylic acids is 1. The van der Waals surface area contributed by atoms with E-state index in [1.807, 2.05) is 32.9 Å². The van der Waals surface area contributed by atoms with Gasteiger partial charge in [0.25, 0.3) is 5.91 Å². The molecule has 2 amide bonds. The van der Waals surface area contributed by atoms with E-state index in [1.54, 1.807) is 12.1 Å². The van der Waals surface area contributed by atoms with E-state index in [-0.39, 0.29) is 23.8 Å². The van der Waals surface area contributed by atoms with Crippen LogP contribution in [0.25, 0.3) is 0 Å². The van der Waals surface area contributed by atoms with Crippen molar-refractivity contribution in [2.75, 3.05) is 0 Å². The Hall–Kier alpha value is -2.37. The van der Waals surface area contributed by atoms with Gasteiger partial charge in [0.1, 0.15) is 0 Å². The van der Waals surface area contributed by atoms with Gasteiger partial charge in [-0.15, -0.1) is 0 Å². The monoisotopic (exact) mass is 360 g/mol. The molecule has 1 aliphatic carbocycles. The lowest BCUT2D eigenvalue weighted by Crippen LogP contribution is -2.38. The Morgan fingerprint density at radius 1 is 1.04 bits per heavy atom. The first kappa shape index (κ1) is 19.9. The second-order valence-corrected chi connectivity index (χ2v) is 7.99. The number of carbonyl (C=O) groups excluding carboxylic acids is 2. The molecule has 3 N–H and O–H groups in total. The lowest BCUT2D eigenvalue weighted by atomic mass is 9.86. The number of benzene rings is 1. The Balaban J connectivity index is 1.83. The molecule has 0 spiro atoms. The fourth-order valence-electron chi connectivity index (χ4n) is 2.97. The summed E-state index contributed by atoms with van der Waals surface area (Å²) in [4.78, 5) is 35.2. The van der Waals surface area contributed by atoms with E-state index >= 15 is 0 Å². The Morgan fingerprint density at radius 2 is 1.62 bits per heavy atom. The molecule has 0 bridgehead atoms. The van der Waals surface area contributed by atoms with Crippen molar-refractivity contribution < 1.29 is 19.5 Å². The van der Waals surface area contributed by atoms with E-state index in [2.05, 4.69) is 10.6 Å². The fourth-order valence-corrected chi connectivity index (χ4v) is 2.97. The molecular formula is C20H28N2O4. The van der Waals surface area contributed by atoms with Crippen molar-refractivity contribution in [1.82, 2.24) is 10.6 Å². The third-order valence-corrected chi connectivity index (χ3v) is 4.76. The first-order chi connectivity index (χ1) is 12.2. The highest BCUT2D eigenvalue weighted by molar-refractivity contribution is 5.94. The van der Waals surface area contributed by atoms with E-state index in [0.29, 0.717) is 37.8 Å². The highest BCUT2D eigenvalue weighted by Crippen LogP contribution is 2.24. The van der Waals surface area contributed by atoms with Crippen LogP contribution in [-0.2, 0) is 16.1 Å². The van der Waals surface area contributed by atoms with Gasteiger partial charge in [-0.3, -0.25) is 14.4 Å². The predicted molar refractivity (Wildman–Crippen MR) is 98.6 cm³/mol. The van der Waals surface area contributed by atoms with Crippen LogP contribution in [0.15, 0.2) is 24.3 Å². The topological polar surface area (TPSA) is 95.5 Å². The first-order valence-electron chi connectivity index (χ1n) is 9.07. The van der Waals surface area contributed by atoms with Crippen molar-refractivity contribution in [3.05, 3.63) is 35.4 Å². The summed E-state index contributed by atoms with van der Waals surface area (Å²) in [6.45, 7) is 6.01. The number of nitrogens with one attached hydrogen (secondary N) is 2. The summed E-state index contributed by atoms with van der Waals surface area (Å²) in [5.41, 5.74) is 1.07. The average Bonchev–Trinajstić information content (AvgIpc) is 2.59. The van der Waals surface area contributed by atoms with Crippen LogP contribution in [-0.4, -0.2) is 28.9 Å². The van der Waals surface area contributed by atoms with E-state index in [0.717, 1.165) is 5.56 Å². The van der Waals surface area contributed by atoms with Gasteiger partial charge in [0, 0.05) is 23.6 Å². The molecule has 6 nitrogen and oxygen atoms in total. The smallest absolute Gasteiger partial charge is 0.306 e. The van der Waals surface area contributed by atoms with Gasteiger partial charge < -0.3 is 15.7 Å². The summed E-state index contributed by atoms with van der Waals surface area (Å²) in [5.74, 6) is -1.19. The van der Waals surface area contributed by atoms with Gasteiger partial charge in [-0.2, -0.15) is 0 Å². The molecule has 0 heterocycles. The van der Waals surface area contributed by atoms with E-state index in [4.69, 9.17) is 5.11 Å². The van der Waals surface area contributed by atoms with Crippen molar-refractivity contribution >= 4 is 17.8 Å². The van der Waals surface area contributed by atoms with Crippen molar-refractivity contribution in [1.29, 1.82) is 0 Å². The van der Waals surface area contributed by atoms with Gasteiger partial charge >= 0.3 is 5.97 Å². The second kappa shape index (κ2) is 8.34. The minimum absolute atomic E-state index is 0.0173. The highest BCUT2D eigenvalue weighted by Gasteiger charge is 2.27. The second-order valence-electron chi connectivity index (χ2n) is 7.99. The van der Waals surface area contributed by atoms with Gasteiger partial charge in [0.15, 0.2) is 0 Å². The summed E-state index contributed by atoms with van der Waals surface area (Å²) in [6.07, 6.45) is 2.60. The molecule has 26 heavy (non-hydrogen) atoms. The summed E-state index contributed by atoms with van der Waals surface area (Å²) < 4.78 is 0. The van der Waals surface area contributed by atoms with E-state index in [9.17, 15) is 14.4 Å². The molecule has 1 fully saturated rings. The zero-order valence-electron chi connectivity index (χ0n) is 15.7. The molecule has 1 aromatic rings. The van der Waals surface area contributed by atoms with Gasteiger partial charge in [-0.05, 0) is 43.4 Å². The van der Waals surface area contributed by atoms with E-state index < -0.39 is 11.4 Å². The Labute approximate surface area is 154 Å². The molecule has 1 aliphatic rings. The number of rotatable bonds is 5. The van der Waals surface area contributed by atoms with Gasteiger partial charge in [-0.1, -0.05) is 32.9 Å². The van der Waals surface area contributed by atoms with Gasteiger partial charge in [0.2, 0.25) is 5.91 Å². The maximum Gasteiger partial charge on any atom is 0.306 e. The summed E-state index contributed by atoms with van der Waals surface area (Å²) >= 11 is 0. The first-order valence-corrected chi connectivity index (χ1v) is 9.07. The molecule has 0 aromatic heterocycles. The van der Waals surface area contributed by atoms with Crippen molar-refractivity contribution in [2.24, 2.45) is 11.3 Å². The van der Waals surface area contributed by atoms with Crippen LogP contribution in [0.4, 0.5) is 0 Å². The minimum Gasteiger partial charge on any atom is -0.481 e. The molecule has 1 aromatic carbocycles. The number of hydrogen-bond acceptors (Lipinski definition) is 3. The molecule has 0 atom stereocenters. The summed E-state index contributed by atoms with van der Waals surface area (Å²) in [7, 11) is 0. The molecule has 0 unspecified atom stereocenters. The zero-order chi connectivity index (χ0) is 19.3. The summed E-state index contributed by atoms with van der Waals surface area (Å²) in [6, 6.07) is 7.19. The number of carboxylic acid groups (broad SMARTS) is 1. The lowest BCUT2D eigenvalue weighted by Gasteiger charge is -2.26. The van der Waals surface area contributed by atoms with Crippen molar-refractivity contribution in [3.63, 3.8) is 0 Å². The van der Waals surface area contributed by atoms with Crippen LogP contribution < -0.4 is 10.6 Å². The minimum atomic E-state index is -0.746. The molecule has 0 radical (unpaired) electrons. The molecule has 0 saturated heterocycles. The molecule has 1 saturated carbocycles. The standard InChI is InChI=1S/C20H28N2O4/c1-20(2,3)19(26)21-12-13-4-6-14(7-5-13)17(23)22-16-10-8-15(9-11-16)18(24)25/h4-7,15-16H,8-12H2,1-3H3,(H,21,26)(H,22,23)(H,24,25). The number of amides is 2. The largest absolute Gasteiger partial charge is 0.481 e. The normalized spacial score (nSPS) is 20.3. The van der Waals surface area contributed by atoms with Crippen LogP contribution in [0.1, 0.15) is 62.4 Å². The van der Waals surface area contributed by atoms with Gasteiger partial charge in [-0.25, -0.2) is 0 Å². The third-order valence-electron chi connectivity index (χ3n) is 4.76. The number of carbonyl (C=O) groups is 3. The SMILES string of the molecule is CC(C)(C)C(=O)NCc1ccc(C(=O)NC2CCC(C(=O)O)CC2)cc1. The number of aliphatic carboxylic acids is 1. The maximum atomic E-state index is 12.3. The molecule has 2 rings (SSSR count). The molecule has 142 valence electrons. The van der Waals surface area contributed by atoms with E-state index in [1.165, 1.54) is 0 Å². The molecular weight excluding hydrogens is 332 g/mol. The Bertz CT molecular complexity index is 653. The number of hydrogen-bond donors (Lipinski definition) is 3. The predicted octanol–water partition coefficient (Wildman–Crippen LogP) is 2.72. The highest BCUT2D eigenvalue weighted by atomic mass is 16.4. The fraction of sp³-hybridized carbons (Fsp3) is 0.550. The summed E-state index contributed by atoms with van der Waals surface area (Å²) in [5, 5.41) is 14.9. The van der Waals surface area contributed by atoms with Crippen molar-refractivity contribution in [3.8, 4) is 0 Å². The Kier molecular flexibility index (Phi) is 6.40.